The molecule has 0 aliphatic rings. The molecule has 1 heterocycles. The van der Waals surface area contributed by atoms with E-state index in [9.17, 15) is 0 Å². The molecule has 1 aromatic rings. The first-order valence-electron chi connectivity index (χ1n) is 9.33. The summed E-state index contributed by atoms with van der Waals surface area (Å²) in [5.41, 5.74) is 1.23. The van der Waals surface area contributed by atoms with Crippen LogP contribution in [0.1, 0.15) is 96.0 Å². The van der Waals surface area contributed by atoms with E-state index in [4.69, 9.17) is 0 Å². The SMILES string of the molecule is C=CC(CC(C)C)c1cnc(CCCCCCCCCC)[nH]1. The summed E-state index contributed by atoms with van der Waals surface area (Å²) in [6.45, 7) is 10.8. The summed E-state index contributed by atoms with van der Waals surface area (Å²) in [6, 6.07) is 0. The number of hydrogen-bond donors (Lipinski definition) is 1. The van der Waals surface area contributed by atoms with E-state index in [2.05, 4.69) is 37.3 Å². The number of allylic oxidation sites excluding steroid dienone is 1. The fourth-order valence-electron chi connectivity index (χ4n) is 2.98. The van der Waals surface area contributed by atoms with Crippen LogP contribution in [-0.4, -0.2) is 9.97 Å². The summed E-state index contributed by atoms with van der Waals surface area (Å²) >= 11 is 0. The molecule has 1 unspecified atom stereocenters. The van der Waals surface area contributed by atoms with Gasteiger partial charge in [0.25, 0.3) is 0 Å². The van der Waals surface area contributed by atoms with Gasteiger partial charge in [0.15, 0.2) is 0 Å². The van der Waals surface area contributed by atoms with Gasteiger partial charge in [0.05, 0.1) is 0 Å². The lowest BCUT2D eigenvalue weighted by atomic mass is 9.95. The smallest absolute Gasteiger partial charge is 0.106 e. The van der Waals surface area contributed by atoms with Crippen LogP contribution in [0.2, 0.25) is 0 Å². The summed E-state index contributed by atoms with van der Waals surface area (Å²) in [5.74, 6) is 2.25. The van der Waals surface area contributed by atoms with Crippen LogP contribution in [0.15, 0.2) is 18.9 Å². The molecular formula is C20H36N2. The maximum absolute atomic E-state index is 4.55. The molecule has 0 saturated carbocycles. The summed E-state index contributed by atoms with van der Waals surface area (Å²) in [5, 5.41) is 0. The predicted molar refractivity (Wildman–Crippen MR) is 97.3 cm³/mol. The number of aromatic amines is 1. The third kappa shape index (κ3) is 7.82. The quantitative estimate of drug-likeness (QED) is 0.331. The van der Waals surface area contributed by atoms with E-state index in [-0.39, 0.29) is 0 Å². The van der Waals surface area contributed by atoms with Crippen molar-refractivity contribution in [2.24, 2.45) is 5.92 Å². The lowest BCUT2D eigenvalue weighted by Crippen LogP contribution is -2.00. The maximum Gasteiger partial charge on any atom is 0.106 e. The zero-order valence-electron chi connectivity index (χ0n) is 15.0. The lowest BCUT2D eigenvalue weighted by Gasteiger charge is -2.12. The van der Waals surface area contributed by atoms with Crippen molar-refractivity contribution < 1.29 is 0 Å². The van der Waals surface area contributed by atoms with E-state index in [1.165, 1.54) is 57.1 Å². The number of hydrogen-bond acceptors (Lipinski definition) is 1. The molecule has 126 valence electrons. The van der Waals surface area contributed by atoms with Crippen LogP contribution < -0.4 is 0 Å². The Morgan fingerprint density at radius 1 is 1.09 bits per heavy atom. The summed E-state index contributed by atoms with van der Waals surface area (Å²) in [6.07, 6.45) is 17.2. The summed E-state index contributed by atoms with van der Waals surface area (Å²) in [7, 11) is 0. The Morgan fingerprint density at radius 2 is 1.73 bits per heavy atom. The first-order chi connectivity index (χ1) is 10.7. The third-order valence-electron chi connectivity index (χ3n) is 4.32. The number of aromatic nitrogens is 2. The molecule has 2 nitrogen and oxygen atoms in total. The molecule has 0 aromatic carbocycles. The number of rotatable bonds is 13. The van der Waals surface area contributed by atoms with Crippen molar-refractivity contribution in [1.29, 1.82) is 0 Å². The van der Waals surface area contributed by atoms with Gasteiger partial charge >= 0.3 is 0 Å². The Labute approximate surface area is 137 Å². The Balaban J connectivity index is 2.20. The van der Waals surface area contributed by atoms with Gasteiger partial charge in [0, 0.05) is 24.2 Å². The van der Waals surface area contributed by atoms with Gasteiger partial charge in [-0.25, -0.2) is 4.98 Å². The zero-order valence-corrected chi connectivity index (χ0v) is 15.0. The van der Waals surface area contributed by atoms with Crippen LogP contribution in [0.3, 0.4) is 0 Å². The standard InChI is InChI=1S/C20H36N2/c1-5-7-8-9-10-11-12-13-14-20-21-16-19(22-20)18(6-2)15-17(3)4/h6,16-18H,2,5,7-15H2,1,3-4H3,(H,21,22). The Bertz CT molecular complexity index is 392. The van der Waals surface area contributed by atoms with Gasteiger partial charge in [-0.2, -0.15) is 0 Å². The van der Waals surface area contributed by atoms with Crippen LogP contribution in [0.25, 0.3) is 0 Å². The molecule has 2 heteroatoms. The van der Waals surface area contributed by atoms with Gasteiger partial charge in [-0.15, -0.1) is 6.58 Å². The van der Waals surface area contributed by atoms with Gasteiger partial charge in [0.2, 0.25) is 0 Å². The summed E-state index contributed by atoms with van der Waals surface area (Å²) < 4.78 is 0. The first-order valence-corrected chi connectivity index (χ1v) is 9.33. The largest absolute Gasteiger partial charge is 0.345 e. The van der Waals surface area contributed by atoms with E-state index < -0.39 is 0 Å². The average Bonchev–Trinajstić information content (AvgIpc) is 2.96. The molecule has 1 N–H and O–H groups in total. The molecular weight excluding hydrogens is 268 g/mol. The molecule has 0 saturated heterocycles. The zero-order chi connectivity index (χ0) is 16.2. The molecule has 22 heavy (non-hydrogen) atoms. The molecule has 1 rings (SSSR count). The molecule has 0 aliphatic heterocycles. The molecule has 0 radical (unpaired) electrons. The van der Waals surface area contributed by atoms with Crippen molar-refractivity contribution in [1.82, 2.24) is 9.97 Å². The van der Waals surface area contributed by atoms with Crippen LogP contribution in [-0.2, 0) is 6.42 Å². The van der Waals surface area contributed by atoms with Gasteiger partial charge in [-0.1, -0.05) is 71.8 Å². The van der Waals surface area contributed by atoms with E-state index in [0.29, 0.717) is 11.8 Å². The van der Waals surface area contributed by atoms with Gasteiger partial charge in [-0.3, -0.25) is 0 Å². The number of aryl methyl sites for hydroxylation is 1. The van der Waals surface area contributed by atoms with Crippen LogP contribution in [0, 0.1) is 5.92 Å². The highest BCUT2D eigenvalue weighted by Gasteiger charge is 2.12. The van der Waals surface area contributed by atoms with Crippen LogP contribution in [0.4, 0.5) is 0 Å². The predicted octanol–water partition coefficient (Wildman–Crippen LogP) is 6.41. The average molecular weight is 305 g/mol. The molecule has 0 fully saturated rings. The minimum atomic E-state index is 0.416. The Hall–Kier alpha value is -1.05. The Kier molecular flexibility index (Phi) is 9.94. The molecule has 1 atom stereocenters. The number of nitrogens with one attached hydrogen (secondary N) is 1. The highest BCUT2D eigenvalue weighted by molar-refractivity contribution is 5.13. The van der Waals surface area contributed by atoms with E-state index in [1.807, 2.05) is 12.3 Å². The highest BCUT2D eigenvalue weighted by Crippen LogP contribution is 2.23. The van der Waals surface area contributed by atoms with Gasteiger partial charge in [-0.05, 0) is 18.8 Å². The highest BCUT2D eigenvalue weighted by atomic mass is 14.9. The van der Waals surface area contributed by atoms with Gasteiger partial charge < -0.3 is 4.98 Å². The summed E-state index contributed by atoms with van der Waals surface area (Å²) in [4.78, 5) is 8.05. The van der Waals surface area contributed by atoms with Crippen molar-refractivity contribution in [3.05, 3.63) is 30.4 Å². The number of H-pyrrole nitrogens is 1. The second-order valence-corrected chi connectivity index (χ2v) is 6.98. The molecule has 0 aliphatic carbocycles. The minimum absolute atomic E-state index is 0.416. The minimum Gasteiger partial charge on any atom is -0.345 e. The number of unbranched alkanes of at least 4 members (excludes halogenated alkanes) is 7. The fourth-order valence-corrected chi connectivity index (χ4v) is 2.98. The fraction of sp³-hybridized carbons (Fsp3) is 0.750. The van der Waals surface area contributed by atoms with Crippen molar-refractivity contribution in [2.45, 2.75) is 90.9 Å². The second-order valence-electron chi connectivity index (χ2n) is 6.98. The topological polar surface area (TPSA) is 28.7 Å². The second kappa shape index (κ2) is 11.5. The first kappa shape index (κ1) is 19.0. The third-order valence-corrected chi connectivity index (χ3v) is 4.32. The molecule has 0 spiro atoms. The van der Waals surface area contributed by atoms with E-state index in [0.717, 1.165) is 18.7 Å². The molecule has 0 amide bonds. The van der Waals surface area contributed by atoms with Crippen molar-refractivity contribution in [3.63, 3.8) is 0 Å². The number of imidazole rings is 1. The maximum atomic E-state index is 4.55. The van der Waals surface area contributed by atoms with Gasteiger partial charge in [0.1, 0.15) is 5.82 Å². The lowest BCUT2D eigenvalue weighted by molar-refractivity contribution is 0.543. The monoisotopic (exact) mass is 304 g/mol. The normalized spacial score (nSPS) is 12.7. The van der Waals surface area contributed by atoms with Crippen LogP contribution in [0.5, 0.6) is 0 Å². The number of nitrogens with zero attached hydrogens (tertiary/aromatic N) is 1. The van der Waals surface area contributed by atoms with Crippen molar-refractivity contribution in [3.8, 4) is 0 Å². The van der Waals surface area contributed by atoms with Crippen LogP contribution >= 0.6 is 0 Å². The van der Waals surface area contributed by atoms with Crippen molar-refractivity contribution in [2.75, 3.05) is 0 Å². The van der Waals surface area contributed by atoms with E-state index >= 15 is 0 Å². The van der Waals surface area contributed by atoms with E-state index in [1.54, 1.807) is 0 Å². The molecule has 1 aromatic heterocycles. The molecule has 0 bridgehead atoms. The Morgan fingerprint density at radius 3 is 2.32 bits per heavy atom. The van der Waals surface area contributed by atoms with Crippen molar-refractivity contribution >= 4 is 0 Å².